The van der Waals surface area contributed by atoms with Crippen molar-refractivity contribution in [3.05, 3.63) is 47.5 Å². The number of hydrogen-bond acceptors (Lipinski definition) is 3. The highest BCUT2D eigenvalue weighted by molar-refractivity contribution is 6.05. The molecule has 1 amide bonds. The summed E-state index contributed by atoms with van der Waals surface area (Å²) in [5.41, 5.74) is 3.90. The van der Waals surface area contributed by atoms with Gasteiger partial charge in [0.2, 0.25) is 0 Å². The molecule has 3 aromatic rings. The fourth-order valence-corrected chi connectivity index (χ4v) is 4.81. The molecule has 30 heavy (non-hydrogen) atoms. The first kappa shape index (κ1) is 19.3. The second-order valence-electron chi connectivity index (χ2n) is 9.20. The van der Waals surface area contributed by atoms with Crippen LogP contribution in [0.25, 0.3) is 11.0 Å². The summed E-state index contributed by atoms with van der Waals surface area (Å²) in [6.45, 7) is 5.02. The monoisotopic (exact) mass is 405 g/mol. The number of aromatic nitrogens is 4. The van der Waals surface area contributed by atoms with Crippen LogP contribution in [-0.2, 0) is 7.05 Å². The lowest BCUT2D eigenvalue weighted by molar-refractivity contribution is 0.0676. The van der Waals surface area contributed by atoms with Gasteiger partial charge in [-0.05, 0) is 57.7 Å². The normalized spacial score (nSPS) is 20.1. The van der Waals surface area contributed by atoms with Gasteiger partial charge in [-0.2, -0.15) is 5.10 Å². The van der Waals surface area contributed by atoms with Crippen LogP contribution >= 0.6 is 0 Å². The van der Waals surface area contributed by atoms with E-state index < -0.39 is 0 Å². The maximum atomic E-state index is 14.0. The van der Waals surface area contributed by atoms with Gasteiger partial charge in [-0.1, -0.05) is 12.8 Å². The summed E-state index contributed by atoms with van der Waals surface area (Å²) >= 11 is 0. The van der Waals surface area contributed by atoms with Crippen molar-refractivity contribution < 1.29 is 4.79 Å². The quantitative estimate of drug-likeness (QED) is 0.615. The number of hydrogen-bond donors (Lipinski definition) is 0. The van der Waals surface area contributed by atoms with Crippen molar-refractivity contribution in [3.63, 3.8) is 0 Å². The summed E-state index contributed by atoms with van der Waals surface area (Å²) in [5, 5.41) is 5.47. The van der Waals surface area contributed by atoms with E-state index in [0.717, 1.165) is 60.9 Å². The molecule has 2 aliphatic rings. The van der Waals surface area contributed by atoms with Gasteiger partial charge in [-0.3, -0.25) is 4.79 Å². The number of likely N-dealkylation sites (tertiary alicyclic amines) is 1. The Labute approximate surface area is 177 Å². The van der Waals surface area contributed by atoms with Crippen molar-refractivity contribution in [1.29, 1.82) is 0 Å². The molecule has 0 N–H and O–H groups in total. The molecular weight excluding hydrogens is 374 g/mol. The minimum atomic E-state index is 0.118. The molecule has 5 rings (SSSR count). The Morgan fingerprint density at radius 3 is 2.70 bits per heavy atom. The minimum absolute atomic E-state index is 0.118. The second kappa shape index (κ2) is 7.56. The zero-order chi connectivity index (χ0) is 20.8. The summed E-state index contributed by atoms with van der Waals surface area (Å²) in [6, 6.07) is 6.62. The highest BCUT2D eigenvalue weighted by Gasteiger charge is 2.33. The first-order valence-corrected chi connectivity index (χ1v) is 11.3. The van der Waals surface area contributed by atoms with Gasteiger partial charge in [0, 0.05) is 43.1 Å². The van der Waals surface area contributed by atoms with Crippen molar-refractivity contribution in [3.8, 4) is 0 Å². The lowest BCUT2D eigenvalue weighted by Crippen LogP contribution is -2.35. The number of fused-ring (bicyclic) bond motifs is 1. The molecular formula is C24H31N5O. The van der Waals surface area contributed by atoms with Crippen molar-refractivity contribution in [2.24, 2.45) is 7.05 Å². The fraction of sp³-hybridized carbons (Fsp3) is 0.542. The highest BCUT2D eigenvalue weighted by atomic mass is 16.2. The van der Waals surface area contributed by atoms with Crippen molar-refractivity contribution >= 4 is 16.9 Å². The van der Waals surface area contributed by atoms with Gasteiger partial charge < -0.3 is 9.47 Å². The smallest absolute Gasteiger partial charge is 0.255 e. The number of carbonyl (C=O) groups is 1. The molecule has 0 bridgehead atoms. The van der Waals surface area contributed by atoms with E-state index in [9.17, 15) is 4.79 Å². The maximum absolute atomic E-state index is 14.0. The van der Waals surface area contributed by atoms with E-state index in [0.29, 0.717) is 5.92 Å². The van der Waals surface area contributed by atoms with Crippen molar-refractivity contribution in [2.45, 2.75) is 70.4 Å². The topological polar surface area (TPSA) is 56.0 Å². The van der Waals surface area contributed by atoms with Crippen LogP contribution in [0.2, 0.25) is 0 Å². The summed E-state index contributed by atoms with van der Waals surface area (Å²) in [5.74, 6) is 0.616. The first-order valence-electron chi connectivity index (χ1n) is 11.3. The van der Waals surface area contributed by atoms with Gasteiger partial charge in [0.05, 0.1) is 23.2 Å². The van der Waals surface area contributed by atoms with Crippen LogP contribution in [0, 0.1) is 0 Å². The largest absolute Gasteiger partial charge is 0.353 e. The number of amides is 1. The van der Waals surface area contributed by atoms with E-state index in [1.165, 1.54) is 12.1 Å². The Morgan fingerprint density at radius 2 is 2.00 bits per heavy atom. The molecule has 1 aliphatic carbocycles. The number of carbonyl (C=O) groups excluding carboxylic acids is 1. The van der Waals surface area contributed by atoms with E-state index in [1.807, 2.05) is 10.9 Å². The van der Waals surface area contributed by atoms with E-state index >= 15 is 0 Å². The Kier molecular flexibility index (Phi) is 4.88. The van der Waals surface area contributed by atoms with Crippen molar-refractivity contribution in [2.75, 3.05) is 6.54 Å². The molecule has 3 aromatic heterocycles. The molecule has 1 atom stereocenters. The van der Waals surface area contributed by atoms with Crippen LogP contribution in [-0.4, -0.2) is 36.7 Å². The van der Waals surface area contributed by atoms with Gasteiger partial charge >= 0.3 is 0 Å². The number of pyridine rings is 1. The summed E-state index contributed by atoms with van der Waals surface area (Å²) in [6.07, 6.45) is 10.6. The Bertz CT molecular complexity index is 1070. The van der Waals surface area contributed by atoms with Gasteiger partial charge in [-0.15, -0.1) is 0 Å². The lowest BCUT2D eigenvalue weighted by atomic mass is 10.0. The summed E-state index contributed by atoms with van der Waals surface area (Å²) in [7, 11) is 2.07. The third-order valence-electron chi connectivity index (χ3n) is 6.64. The second-order valence-corrected chi connectivity index (χ2v) is 9.20. The zero-order valence-electron chi connectivity index (χ0n) is 18.2. The van der Waals surface area contributed by atoms with E-state index in [-0.39, 0.29) is 18.0 Å². The molecule has 4 heterocycles. The van der Waals surface area contributed by atoms with Crippen LogP contribution < -0.4 is 0 Å². The van der Waals surface area contributed by atoms with Crippen LogP contribution in [0.1, 0.15) is 92.1 Å². The standard InChI is InChI=1S/C24H31N5O/c1-16(2)29-23-19(15-25-29)18(14-20(26-23)17-10-11-17)24(30)28-13-6-4-5-8-22(28)21-9-7-12-27(21)3/h7,9,12,14-17,22H,4-6,8,10-11,13H2,1-3H3. The highest BCUT2D eigenvalue weighted by Crippen LogP contribution is 2.41. The molecule has 6 heteroatoms. The van der Waals surface area contributed by atoms with Crippen molar-refractivity contribution in [1.82, 2.24) is 24.2 Å². The van der Waals surface area contributed by atoms with Crippen LogP contribution in [0.15, 0.2) is 30.6 Å². The summed E-state index contributed by atoms with van der Waals surface area (Å²) in [4.78, 5) is 21.1. The molecule has 6 nitrogen and oxygen atoms in total. The number of nitrogens with zero attached hydrogens (tertiary/aromatic N) is 5. The fourth-order valence-electron chi connectivity index (χ4n) is 4.81. The molecule has 1 aliphatic heterocycles. The van der Waals surface area contributed by atoms with Crippen LogP contribution in [0.3, 0.4) is 0 Å². The zero-order valence-corrected chi connectivity index (χ0v) is 18.2. The van der Waals surface area contributed by atoms with Gasteiger partial charge in [0.25, 0.3) is 5.91 Å². The lowest BCUT2D eigenvalue weighted by Gasteiger charge is -2.31. The van der Waals surface area contributed by atoms with E-state index in [2.05, 4.69) is 59.9 Å². The summed E-state index contributed by atoms with van der Waals surface area (Å²) < 4.78 is 4.11. The molecule has 0 radical (unpaired) electrons. The maximum Gasteiger partial charge on any atom is 0.255 e. The van der Waals surface area contributed by atoms with Crippen LogP contribution in [0.5, 0.6) is 0 Å². The van der Waals surface area contributed by atoms with E-state index in [1.54, 1.807) is 0 Å². The van der Waals surface area contributed by atoms with E-state index in [4.69, 9.17) is 4.98 Å². The predicted octanol–water partition coefficient (Wildman–Crippen LogP) is 4.99. The Hall–Kier alpha value is -2.63. The predicted molar refractivity (Wildman–Crippen MR) is 118 cm³/mol. The SMILES string of the molecule is CC(C)n1ncc2c(C(=O)N3CCCCCC3c3cccn3C)cc(C3CC3)nc21. The Morgan fingerprint density at radius 1 is 1.17 bits per heavy atom. The third kappa shape index (κ3) is 3.32. The molecule has 1 saturated heterocycles. The van der Waals surface area contributed by atoms with Gasteiger partial charge in [0.15, 0.2) is 5.65 Å². The molecule has 1 unspecified atom stereocenters. The average molecular weight is 406 g/mol. The van der Waals surface area contributed by atoms with Gasteiger partial charge in [0.1, 0.15) is 0 Å². The molecule has 0 spiro atoms. The molecule has 158 valence electrons. The number of rotatable bonds is 4. The molecule has 2 fully saturated rings. The molecule has 0 aromatic carbocycles. The van der Waals surface area contributed by atoms with Gasteiger partial charge in [-0.25, -0.2) is 9.67 Å². The Balaban J connectivity index is 1.61. The minimum Gasteiger partial charge on any atom is -0.353 e. The first-order chi connectivity index (χ1) is 14.5. The average Bonchev–Trinajstić information content (AvgIpc) is 3.43. The molecule has 1 saturated carbocycles. The third-order valence-corrected chi connectivity index (χ3v) is 6.64. The number of aryl methyl sites for hydroxylation is 1. The van der Waals surface area contributed by atoms with Crippen LogP contribution in [0.4, 0.5) is 0 Å².